The Hall–Kier alpha value is -1.72. The van der Waals surface area contributed by atoms with Crippen LogP contribution >= 0.6 is 23.1 Å². The first-order valence-electron chi connectivity index (χ1n) is 7.24. The molecule has 1 nitrogen and oxygen atoms in total. The molecule has 118 valence electrons. The highest BCUT2D eigenvalue weighted by Gasteiger charge is 2.14. The first kappa shape index (κ1) is 16.1. The summed E-state index contributed by atoms with van der Waals surface area (Å²) in [6.45, 7) is 0. The normalized spacial score (nSPS) is 10.9. The number of hydrogen-bond acceptors (Lipinski definition) is 3. The Morgan fingerprint density at radius 2 is 1.70 bits per heavy atom. The van der Waals surface area contributed by atoms with Crippen molar-refractivity contribution in [2.24, 2.45) is 0 Å². The fourth-order valence-electron chi connectivity index (χ4n) is 2.20. The van der Waals surface area contributed by atoms with Crippen molar-refractivity contribution in [3.8, 4) is 10.6 Å². The third-order valence-electron chi connectivity index (χ3n) is 3.36. The molecule has 2 aromatic carbocycles. The van der Waals surface area contributed by atoms with Gasteiger partial charge in [-0.25, -0.2) is 13.8 Å². The quantitative estimate of drug-likeness (QED) is 0.541. The molecule has 0 saturated heterocycles. The summed E-state index contributed by atoms with van der Waals surface area (Å²) in [5.74, 6) is 0.606. The summed E-state index contributed by atoms with van der Waals surface area (Å²) < 4.78 is 27.5. The van der Waals surface area contributed by atoms with Crippen LogP contribution in [0.25, 0.3) is 10.6 Å². The third kappa shape index (κ3) is 4.18. The van der Waals surface area contributed by atoms with Crippen molar-refractivity contribution in [3.05, 3.63) is 76.8 Å². The van der Waals surface area contributed by atoms with Crippen LogP contribution in [0.15, 0.2) is 53.9 Å². The van der Waals surface area contributed by atoms with Crippen molar-refractivity contribution >= 4 is 23.1 Å². The topological polar surface area (TPSA) is 12.9 Å². The summed E-state index contributed by atoms with van der Waals surface area (Å²) >= 11 is 3.06. The van der Waals surface area contributed by atoms with Gasteiger partial charge in [-0.2, -0.15) is 11.8 Å². The van der Waals surface area contributed by atoms with E-state index in [0.717, 1.165) is 23.6 Å². The predicted octanol–water partition coefficient (Wildman–Crippen LogP) is 5.56. The molecule has 0 aliphatic carbocycles. The molecule has 5 heteroatoms. The van der Waals surface area contributed by atoms with E-state index in [-0.39, 0.29) is 5.56 Å². The standard InChI is InChI=1S/C18H15F2NS2/c19-15-7-4-8-16(20)17(15)18-21-14(12-23-18)11-22-10-9-13-5-2-1-3-6-13/h1-8,12H,9-11H2. The van der Waals surface area contributed by atoms with E-state index in [0.29, 0.717) is 5.01 Å². The molecule has 0 fully saturated rings. The molecule has 0 bridgehead atoms. The lowest BCUT2D eigenvalue weighted by Gasteiger charge is -2.01. The van der Waals surface area contributed by atoms with E-state index in [1.54, 1.807) is 11.8 Å². The summed E-state index contributed by atoms with van der Waals surface area (Å²) in [6, 6.07) is 14.2. The second-order valence-corrected chi connectivity index (χ2v) is 6.99. The van der Waals surface area contributed by atoms with E-state index in [4.69, 9.17) is 0 Å². The van der Waals surface area contributed by atoms with Crippen LogP contribution in [0.4, 0.5) is 8.78 Å². The van der Waals surface area contributed by atoms with Gasteiger partial charge in [-0.15, -0.1) is 11.3 Å². The van der Waals surface area contributed by atoms with Crippen molar-refractivity contribution in [1.29, 1.82) is 0 Å². The predicted molar refractivity (Wildman–Crippen MR) is 93.8 cm³/mol. The molecule has 0 aliphatic heterocycles. The molecule has 0 aliphatic rings. The maximum absolute atomic E-state index is 13.8. The van der Waals surface area contributed by atoms with Crippen molar-refractivity contribution < 1.29 is 8.78 Å². The Labute approximate surface area is 142 Å². The van der Waals surface area contributed by atoms with Gasteiger partial charge in [0.15, 0.2) is 0 Å². The number of aryl methyl sites for hydroxylation is 1. The fourth-order valence-corrected chi connectivity index (χ4v) is 4.06. The van der Waals surface area contributed by atoms with Crippen molar-refractivity contribution in [1.82, 2.24) is 4.98 Å². The Balaban J connectivity index is 1.58. The van der Waals surface area contributed by atoms with E-state index < -0.39 is 11.6 Å². The van der Waals surface area contributed by atoms with Gasteiger partial charge in [0.1, 0.15) is 16.6 Å². The highest BCUT2D eigenvalue weighted by molar-refractivity contribution is 7.98. The van der Waals surface area contributed by atoms with E-state index >= 15 is 0 Å². The van der Waals surface area contributed by atoms with Gasteiger partial charge >= 0.3 is 0 Å². The van der Waals surface area contributed by atoms with Gasteiger partial charge in [0.2, 0.25) is 0 Å². The van der Waals surface area contributed by atoms with E-state index in [9.17, 15) is 8.78 Å². The largest absolute Gasteiger partial charge is 0.240 e. The monoisotopic (exact) mass is 347 g/mol. The van der Waals surface area contributed by atoms with Crippen LogP contribution in [0.2, 0.25) is 0 Å². The van der Waals surface area contributed by atoms with Gasteiger partial charge in [-0.1, -0.05) is 36.4 Å². The van der Waals surface area contributed by atoms with Gasteiger partial charge in [0.25, 0.3) is 0 Å². The van der Waals surface area contributed by atoms with Crippen molar-refractivity contribution in [2.75, 3.05) is 5.75 Å². The van der Waals surface area contributed by atoms with E-state index in [1.807, 2.05) is 23.6 Å². The zero-order valence-electron chi connectivity index (χ0n) is 12.3. The van der Waals surface area contributed by atoms with Gasteiger partial charge in [-0.05, 0) is 29.9 Å². The van der Waals surface area contributed by atoms with Crippen LogP contribution in [-0.4, -0.2) is 10.7 Å². The lowest BCUT2D eigenvalue weighted by atomic mass is 10.2. The molecule has 0 N–H and O–H groups in total. The highest BCUT2D eigenvalue weighted by Crippen LogP contribution is 2.29. The molecule has 1 aromatic heterocycles. The lowest BCUT2D eigenvalue weighted by molar-refractivity contribution is 0.589. The molecule has 3 aromatic rings. The number of nitrogens with zero attached hydrogens (tertiary/aromatic N) is 1. The number of thioether (sulfide) groups is 1. The second kappa shape index (κ2) is 7.70. The summed E-state index contributed by atoms with van der Waals surface area (Å²) in [7, 11) is 0. The van der Waals surface area contributed by atoms with Gasteiger partial charge in [-0.3, -0.25) is 0 Å². The first-order valence-corrected chi connectivity index (χ1v) is 9.28. The molecule has 23 heavy (non-hydrogen) atoms. The molecule has 0 radical (unpaired) electrons. The summed E-state index contributed by atoms with van der Waals surface area (Å²) in [5, 5.41) is 2.27. The zero-order valence-corrected chi connectivity index (χ0v) is 14.0. The summed E-state index contributed by atoms with van der Waals surface area (Å²) in [6.07, 6.45) is 1.00. The first-order chi connectivity index (χ1) is 11.2. The van der Waals surface area contributed by atoms with Crippen LogP contribution < -0.4 is 0 Å². The minimum Gasteiger partial charge on any atom is -0.240 e. The van der Waals surface area contributed by atoms with Crippen molar-refractivity contribution in [2.45, 2.75) is 12.2 Å². The Bertz CT molecular complexity index is 751. The number of hydrogen-bond donors (Lipinski definition) is 0. The Kier molecular flexibility index (Phi) is 5.41. The average molecular weight is 347 g/mol. The van der Waals surface area contributed by atoms with Crippen LogP contribution in [0.5, 0.6) is 0 Å². The number of benzene rings is 2. The van der Waals surface area contributed by atoms with Gasteiger partial charge < -0.3 is 0 Å². The molecule has 0 atom stereocenters. The molecule has 0 amide bonds. The van der Waals surface area contributed by atoms with Crippen LogP contribution in [0.3, 0.4) is 0 Å². The number of thiazole rings is 1. The Morgan fingerprint density at radius 3 is 2.43 bits per heavy atom. The number of aromatic nitrogens is 1. The van der Waals surface area contributed by atoms with Crippen molar-refractivity contribution in [3.63, 3.8) is 0 Å². The smallest absolute Gasteiger partial charge is 0.136 e. The highest BCUT2D eigenvalue weighted by atomic mass is 32.2. The number of rotatable bonds is 6. The molecule has 0 spiro atoms. The van der Waals surface area contributed by atoms with Gasteiger partial charge in [0.05, 0.1) is 11.3 Å². The summed E-state index contributed by atoms with van der Waals surface area (Å²) in [4.78, 5) is 4.36. The SMILES string of the molecule is Fc1cccc(F)c1-c1nc(CSCCc2ccccc2)cs1. The third-order valence-corrected chi connectivity index (χ3v) is 5.26. The maximum atomic E-state index is 13.8. The van der Waals surface area contributed by atoms with Crippen LogP contribution in [-0.2, 0) is 12.2 Å². The lowest BCUT2D eigenvalue weighted by Crippen LogP contribution is -1.91. The zero-order chi connectivity index (χ0) is 16.1. The molecule has 0 unspecified atom stereocenters. The number of halogens is 2. The van der Waals surface area contributed by atoms with E-state index in [1.165, 1.54) is 35.1 Å². The molecule has 1 heterocycles. The molecule has 0 saturated carbocycles. The molecule has 3 rings (SSSR count). The summed E-state index contributed by atoms with van der Waals surface area (Å²) in [5.41, 5.74) is 2.15. The maximum Gasteiger partial charge on any atom is 0.136 e. The minimum atomic E-state index is -0.567. The van der Waals surface area contributed by atoms with E-state index in [2.05, 4.69) is 17.1 Å². The van der Waals surface area contributed by atoms with Crippen LogP contribution in [0.1, 0.15) is 11.3 Å². The molecular formula is C18H15F2NS2. The minimum absolute atomic E-state index is 0.0296. The molecular weight excluding hydrogens is 332 g/mol. The average Bonchev–Trinajstić information content (AvgIpc) is 3.01. The second-order valence-electron chi connectivity index (χ2n) is 5.03. The fraction of sp³-hybridized carbons (Fsp3) is 0.167. The Morgan fingerprint density at radius 1 is 0.957 bits per heavy atom. The van der Waals surface area contributed by atoms with Crippen LogP contribution in [0, 0.1) is 11.6 Å². The van der Waals surface area contributed by atoms with Gasteiger partial charge in [0, 0.05) is 11.1 Å².